The van der Waals surface area contributed by atoms with E-state index >= 15 is 0 Å². The Morgan fingerprint density at radius 3 is 2.88 bits per heavy atom. The van der Waals surface area contributed by atoms with Gasteiger partial charge in [0.1, 0.15) is 5.75 Å². The molecule has 0 atom stereocenters. The Bertz CT molecular complexity index is 432. The number of nitrogens with two attached hydrogens (primary N) is 1. The maximum Gasteiger partial charge on any atom is 0.331 e. The lowest BCUT2D eigenvalue weighted by molar-refractivity contribution is -0.132. The number of ether oxygens (including phenoxy) is 1. The molecule has 0 aliphatic carbocycles. The molecule has 17 heavy (non-hydrogen) atoms. The summed E-state index contributed by atoms with van der Waals surface area (Å²) in [6.45, 7) is 5.94. The summed E-state index contributed by atoms with van der Waals surface area (Å²) in [5.74, 6) is 0.0388. The summed E-state index contributed by atoms with van der Waals surface area (Å²) >= 11 is 1.34. The second-order valence-corrected chi connectivity index (χ2v) is 4.35. The first-order valence-corrected chi connectivity index (χ1v) is 6.09. The molecule has 0 bridgehead atoms. The molecule has 0 saturated heterocycles. The van der Waals surface area contributed by atoms with Crippen molar-refractivity contribution in [1.29, 1.82) is 0 Å². The molecule has 0 saturated carbocycles. The molecule has 0 aliphatic heterocycles. The molecule has 4 nitrogen and oxygen atoms in total. The fourth-order valence-electron chi connectivity index (χ4n) is 1.12. The van der Waals surface area contributed by atoms with Crippen LogP contribution in [0.1, 0.15) is 6.92 Å². The van der Waals surface area contributed by atoms with Crippen LogP contribution in [0.2, 0.25) is 0 Å². The number of benzene rings is 1. The van der Waals surface area contributed by atoms with Gasteiger partial charge in [-0.1, -0.05) is 6.58 Å². The summed E-state index contributed by atoms with van der Waals surface area (Å²) in [7, 11) is 0. The smallest absolute Gasteiger partial charge is 0.331 e. The Morgan fingerprint density at radius 2 is 2.29 bits per heavy atom. The number of rotatable bonds is 6. The van der Waals surface area contributed by atoms with Crippen LogP contribution in [0.3, 0.4) is 0 Å². The number of anilines is 1. The molecule has 0 amide bonds. The molecule has 0 spiro atoms. The van der Waals surface area contributed by atoms with E-state index in [4.69, 9.17) is 15.6 Å². The van der Waals surface area contributed by atoms with Crippen molar-refractivity contribution >= 4 is 23.4 Å². The van der Waals surface area contributed by atoms with Gasteiger partial charge in [-0.05, 0) is 25.1 Å². The maximum atomic E-state index is 10.6. The molecule has 92 valence electrons. The average Bonchev–Trinajstić information content (AvgIpc) is 2.29. The number of hydrogen-bond donors (Lipinski definition) is 2. The third kappa shape index (κ3) is 4.03. The third-order valence-electron chi connectivity index (χ3n) is 2.00. The number of thioether (sulfide) groups is 1. The van der Waals surface area contributed by atoms with Crippen LogP contribution < -0.4 is 10.5 Å². The summed E-state index contributed by atoms with van der Waals surface area (Å²) in [6.07, 6.45) is 0. The Balaban J connectivity index is 2.72. The van der Waals surface area contributed by atoms with Gasteiger partial charge in [-0.2, -0.15) is 0 Å². The number of nitrogen functional groups attached to an aromatic ring is 1. The fraction of sp³-hybridized carbons (Fsp3) is 0.250. The highest BCUT2D eigenvalue weighted by molar-refractivity contribution is 7.99. The molecule has 0 radical (unpaired) electrons. The predicted molar refractivity (Wildman–Crippen MR) is 69.5 cm³/mol. The van der Waals surface area contributed by atoms with Crippen molar-refractivity contribution in [3.63, 3.8) is 0 Å². The van der Waals surface area contributed by atoms with Crippen LogP contribution in [-0.4, -0.2) is 23.4 Å². The van der Waals surface area contributed by atoms with E-state index in [-0.39, 0.29) is 5.57 Å². The molecule has 0 unspecified atom stereocenters. The Kier molecular flexibility index (Phi) is 4.90. The maximum absolute atomic E-state index is 10.6. The minimum atomic E-state index is -0.989. The standard InChI is InChI=1S/C12H15NO3S/c1-3-16-9-4-5-10(13)11(6-9)17-7-8(2)12(14)15/h4-6H,2-3,7,13H2,1H3,(H,14,15). The monoisotopic (exact) mass is 253 g/mol. The van der Waals surface area contributed by atoms with Gasteiger partial charge in [-0.25, -0.2) is 4.79 Å². The van der Waals surface area contributed by atoms with Crippen molar-refractivity contribution in [2.24, 2.45) is 0 Å². The van der Waals surface area contributed by atoms with E-state index in [1.807, 2.05) is 6.92 Å². The van der Waals surface area contributed by atoms with Gasteiger partial charge < -0.3 is 15.6 Å². The van der Waals surface area contributed by atoms with E-state index in [0.717, 1.165) is 10.6 Å². The topological polar surface area (TPSA) is 72.5 Å². The second kappa shape index (κ2) is 6.20. The molecular formula is C12H15NO3S. The number of aliphatic carboxylic acids is 1. The van der Waals surface area contributed by atoms with E-state index in [2.05, 4.69) is 6.58 Å². The molecule has 1 aromatic carbocycles. The zero-order valence-electron chi connectivity index (χ0n) is 9.60. The van der Waals surface area contributed by atoms with E-state index in [1.165, 1.54) is 11.8 Å². The number of hydrogen-bond acceptors (Lipinski definition) is 4. The molecule has 5 heteroatoms. The van der Waals surface area contributed by atoms with Gasteiger partial charge in [-0.15, -0.1) is 11.8 Å². The lowest BCUT2D eigenvalue weighted by atomic mass is 10.3. The first-order chi connectivity index (χ1) is 8.04. The molecule has 1 aromatic rings. The quantitative estimate of drug-likeness (QED) is 0.462. The summed E-state index contributed by atoms with van der Waals surface area (Å²) < 4.78 is 5.35. The van der Waals surface area contributed by atoms with Crippen LogP contribution in [0.4, 0.5) is 5.69 Å². The molecule has 1 rings (SSSR count). The van der Waals surface area contributed by atoms with Crippen molar-refractivity contribution in [2.45, 2.75) is 11.8 Å². The van der Waals surface area contributed by atoms with E-state index in [0.29, 0.717) is 18.0 Å². The molecule has 3 N–H and O–H groups in total. The van der Waals surface area contributed by atoms with Crippen LogP contribution in [-0.2, 0) is 4.79 Å². The number of carbonyl (C=O) groups is 1. The highest BCUT2D eigenvalue weighted by Crippen LogP contribution is 2.30. The zero-order valence-corrected chi connectivity index (χ0v) is 10.4. The van der Waals surface area contributed by atoms with Crippen LogP contribution in [0.25, 0.3) is 0 Å². The predicted octanol–water partition coefficient (Wildman–Crippen LogP) is 2.40. The van der Waals surface area contributed by atoms with Gasteiger partial charge in [0.25, 0.3) is 0 Å². The van der Waals surface area contributed by atoms with Gasteiger partial charge >= 0.3 is 5.97 Å². The molecule has 0 aromatic heterocycles. The van der Waals surface area contributed by atoms with Gasteiger partial charge in [-0.3, -0.25) is 0 Å². The first kappa shape index (κ1) is 13.4. The molecular weight excluding hydrogens is 238 g/mol. The zero-order chi connectivity index (χ0) is 12.8. The summed E-state index contributed by atoms with van der Waals surface area (Å²) in [4.78, 5) is 11.4. The van der Waals surface area contributed by atoms with Crippen LogP contribution >= 0.6 is 11.8 Å². The van der Waals surface area contributed by atoms with Crippen molar-refractivity contribution < 1.29 is 14.6 Å². The molecule has 0 fully saturated rings. The second-order valence-electron chi connectivity index (χ2n) is 3.33. The first-order valence-electron chi connectivity index (χ1n) is 5.10. The summed E-state index contributed by atoms with van der Waals surface area (Å²) in [5.41, 5.74) is 6.55. The highest BCUT2D eigenvalue weighted by Gasteiger charge is 2.07. The Morgan fingerprint density at radius 1 is 1.59 bits per heavy atom. The Hall–Kier alpha value is -1.62. The highest BCUT2D eigenvalue weighted by atomic mass is 32.2. The minimum Gasteiger partial charge on any atom is -0.494 e. The van der Waals surface area contributed by atoms with Crippen LogP contribution in [0.5, 0.6) is 5.75 Å². The van der Waals surface area contributed by atoms with Gasteiger partial charge in [0.2, 0.25) is 0 Å². The fourth-order valence-corrected chi connectivity index (χ4v) is 2.01. The van der Waals surface area contributed by atoms with Crippen LogP contribution in [0.15, 0.2) is 35.2 Å². The van der Waals surface area contributed by atoms with Crippen molar-refractivity contribution in [3.05, 3.63) is 30.4 Å². The molecule has 0 heterocycles. The van der Waals surface area contributed by atoms with Crippen molar-refractivity contribution in [3.8, 4) is 5.75 Å². The summed E-state index contributed by atoms with van der Waals surface area (Å²) in [6, 6.07) is 5.34. The van der Waals surface area contributed by atoms with Gasteiger partial charge in [0.15, 0.2) is 0 Å². The van der Waals surface area contributed by atoms with E-state index in [1.54, 1.807) is 18.2 Å². The van der Waals surface area contributed by atoms with Gasteiger partial charge in [0.05, 0.1) is 6.61 Å². The Labute approximate surface area is 104 Å². The average molecular weight is 253 g/mol. The number of carboxylic acids is 1. The lowest BCUT2D eigenvalue weighted by Gasteiger charge is -2.08. The largest absolute Gasteiger partial charge is 0.494 e. The van der Waals surface area contributed by atoms with Crippen molar-refractivity contribution in [2.75, 3.05) is 18.1 Å². The number of carboxylic acid groups (broad SMARTS) is 1. The third-order valence-corrected chi connectivity index (χ3v) is 3.16. The SMILES string of the molecule is C=C(CSc1cc(OCC)ccc1N)C(=O)O. The van der Waals surface area contributed by atoms with Crippen molar-refractivity contribution in [1.82, 2.24) is 0 Å². The normalized spacial score (nSPS) is 9.94. The minimum absolute atomic E-state index is 0.149. The van der Waals surface area contributed by atoms with Gasteiger partial charge in [0, 0.05) is 21.9 Å². The van der Waals surface area contributed by atoms with E-state index < -0.39 is 5.97 Å². The summed E-state index contributed by atoms with van der Waals surface area (Å²) in [5, 5.41) is 8.70. The van der Waals surface area contributed by atoms with E-state index in [9.17, 15) is 4.79 Å². The molecule has 0 aliphatic rings. The lowest BCUT2D eigenvalue weighted by Crippen LogP contribution is -2.01. The van der Waals surface area contributed by atoms with Crippen LogP contribution in [0, 0.1) is 0 Å².